The highest BCUT2D eigenvalue weighted by Gasteiger charge is 2.08. The second-order valence-corrected chi connectivity index (χ2v) is 4.26. The SMILES string of the molecule is COCCCNCc1nnc(-c2cccc(OC)c2)o1. The van der Waals surface area contributed by atoms with E-state index in [1.165, 1.54) is 0 Å². The average Bonchev–Trinajstić information content (AvgIpc) is 2.96. The minimum absolute atomic E-state index is 0.498. The van der Waals surface area contributed by atoms with Crippen molar-refractivity contribution in [1.82, 2.24) is 15.5 Å². The molecule has 0 radical (unpaired) electrons. The van der Waals surface area contributed by atoms with Crippen molar-refractivity contribution >= 4 is 0 Å². The molecular formula is C14H19N3O3. The van der Waals surface area contributed by atoms with Crippen LogP contribution in [0.15, 0.2) is 28.7 Å². The van der Waals surface area contributed by atoms with E-state index in [1.54, 1.807) is 14.2 Å². The van der Waals surface area contributed by atoms with Gasteiger partial charge in [0, 0.05) is 19.3 Å². The molecule has 20 heavy (non-hydrogen) atoms. The molecule has 1 N–H and O–H groups in total. The zero-order chi connectivity index (χ0) is 14.2. The second-order valence-electron chi connectivity index (χ2n) is 4.26. The number of nitrogens with one attached hydrogen (secondary N) is 1. The minimum Gasteiger partial charge on any atom is -0.497 e. The first-order chi connectivity index (χ1) is 9.83. The number of rotatable bonds is 8. The molecule has 1 aromatic heterocycles. The molecule has 0 fully saturated rings. The summed E-state index contributed by atoms with van der Waals surface area (Å²) in [6.45, 7) is 2.15. The van der Waals surface area contributed by atoms with Crippen LogP contribution in [0.4, 0.5) is 0 Å². The number of benzene rings is 1. The molecule has 0 bridgehead atoms. The molecule has 6 nitrogen and oxygen atoms in total. The third-order valence-corrected chi connectivity index (χ3v) is 2.76. The number of aromatic nitrogens is 2. The van der Waals surface area contributed by atoms with Gasteiger partial charge in [-0.05, 0) is 31.2 Å². The van der Waals surface area contributed by atoms with Crippen LogP contribution >= 0.6 is 0 Å². The monoisotopic (exact) mass is 277 g/mol. The van der Waals surface area contributed by atoms with Crippen LogP contribution in [0.2, 0.25) is 0 Å². The van der Waals surface area contributed by atoms with Gasteiger partial charge in [0.15, 0.2) is 0 Å². The lowest BCUT2D eigenvalue weighted by Gasteiger charge is -2.01. The summed E-state index contributed by atoms with van der Waals surface area (Å²) in [5.41, 5.74) is 0.850. The van der Waals surface area contributed by atoms with Gasteiger partial charge in [0.05, 0.1) is 13.7 Å². The summed E-state index contributed by atoms with van der Waals surface area (Å²) in [7, 11) is 3.32. The van der Waals surface area contributed by atoms with Gasteiger partial charge in [0.1, 0.15) is 5.75 Å². The van der Waals surface area contributed by atoms with Crippen LogP contribution in [0, 0.1) is 0 Å². The first-order valence-electron chi connectivity index (χ1n) is 6.50. The van der Waals surface area contributed by atoms with E-state index in [1.807, 2.05) is 24.3 Å². The third-order valence-electron chi connectivity index (χ3n) is 2.76. The first kappa shape index (κ1) is 14.5. The highest BCUT2D eigenvalue weighted by molar-refractivity contribution is 5.55. The third kappa shape index (κ3) is 4.04. The predicted molar refractivity (Wildman–Crippen MR) is 74.5 cm³/mol. The minimum atomic E-state index is 0.498. The van der Waals surface area contributed by atoms with Gasteiger partial charge in [0.2, 0.25) is 11.8 Å². The summed E-state index contributed by atoms with van der Waals surface area (Å²) in [6, 6.07) is 7.54. The van der Waals surface area contributed by atoms with E-state index in [-0.39, 0.29) is 0 Å². The lowest BCUT2D eigenvalue weighted by Crippen LogP contribution is -2.16. The fraction of sp³-hybridized carbons (Fsp3) is 0.429. The van der Waals surface area contributed by atoms with Crippen molar-refractivity contribution in [3.05, 3.63) is 30.2 Å². The summed E-state index contributed by atoms with van der Waals surface area (Å²) in [5.74, 6) is 1.83. The zero-order valence-corrected chi connectivity index (χ0v) is 11.8. The van der Waals surface area contributed by atoms with Crippen molar-refractivity contribution in [3.8, 4) is 17.2 Å². The predicted octanol–water partition coefficient (Wildman–Crippen LogP) is 1.87. The van der Waals surface area contributed by atoms with Crippen LogP contribution in [0.5, 0.6) is 5.75 Å². The van der Waals surface area contributed by atoms with Crippen LogP contribution in [-0.4, -0.2) is 37.6 Å². The quantitative estimate of drug-likeness (QED) is 0.743. The van der Waals surface area contributed by atoms with Crippen molar-refractivity contribution in [1.29, 1.82) is 0 Å². The van der Waals surface area contributed by atoms with E-state index in [4.69, 9.17) is 13.9 Å². The van der Waals surface area contributed by atoms with Crippen LogP contribution in [0.25, 0.3) is 11.5 Å². The average molecular weight is 277 g/mol. The molecule has 0 atom stereocenters. The molecule has 0 saturated carbocycles. The van der Waals surface area contributed by atoms with Crippen molar-refractivity contribution in [2.45, 2.75) is 13.0 Å². The summed E-state index contributed by atoms with van der Waals surface area (Å²) in [5, 5.41) is 11.3. The maximum absolute atomic E-state index is 5.60. The Morgan fingerprint density at radius 2 is 2.15 bits per heavy atom. The topological polar surface area (TPSA) is 69.4 Å². The zero-order valence-electron chi connectivity index (χ0n) is 11.8. The molecule has 0 saturated heterocycles. The van der Waals surface area contributed by atoms with Gasteiger partial charge >= 0.3 is 0 Å². The van der Waals surface area contributed by atoms with E-state index in [9.17, 15) is 0 Å². The molecule has 0 spiro atoms. The Morgan fingerprint density at radius 3 is 2.95 bits per heavy atom. The summed E-state index contributed by atoms with van der Waals surface area (Å²) in [6.07, 6.45) is 0.952. The molecule has 0 aliphatic carbocycles. The van der Waals surface area contributed by atoms with Crippen molar-refractivity contribution in [2.75, 3.05) is 27.4 Å². The molecular weight excluding hydrogens is 258 g/mol. The van der Waals surface area contributed by atoms with Crippen molar-refractivity contribution in [2.24, 2.45) is 0 Å². The maximum atomic E-state index is 5.60. The highest BCUT2D eigenvalue weighted by Crippen LogP contribution is 2.22. The van der Waals surface area contributed by atoms with E-state index >= 15 is 0 Å². The van der Waals surface area contributed by atoms with E-state index in [0.717, 1.165) is 30.9 Å². The summed E-state index contributed by atoms with van der Waals surface area (Å²) in [4.78, 5) is 0. The Morgan fingerprint density at radius 1 is 1.25 bits per heavy atom. The molecule has 0 amide bonds. The van der Waals surface area contributed by atoms with Crippen LogP contribution in [0.1, 0.15) is 12.3 Å². The number of hydrogen-bond donors (Lipinski definition) is 1. The maximum Gasteiger partial charge on any atom is 0.247 e. The Hall–Kier alpha value is -1.92. The van der Waals surface area contributed by atoms with E-state index < -0.39 is 0 Å². The summed E-state index contributed by atoms with van der Waals surface area (Å²) >= 11 is 0. The van der Waals surface area contributed by atoms with Crippen LogP contribution in [-0.2, 0) is 11.3 Å². The van der Waals surface area contributed by atoms with Gasteiger partial charge in [0.25, 0.3) is 0 Å². The molecule has 1 aromatic carbocycles. The van der Waals surface area contributed by atoms with Gasteiger partial charge in [-0.25, -0.2) is 0 Å². The van der Waals surface area contributed by atoms with Crippen molar-refractivity contribution in [3.63, 3.8) is 0 Å². The fourth-order valence-corrected chi connectivity index (χ4v) is 1.73. The highest BCUT2D eigenvalue weighted by atomic mass is 16.5. The lowest BCUT2D eigenvalue weighted by atomic mass is 10.2. The molecule has 1 heterocycles. The van der Waals surface area contributed by atoms with Gasteiger partial charge in [-0.1, -0.05) is 6.07 Å². The Kier molecular flexibility index (Phi) is 5.52. The smallest absolute Gasteiger partial charge is 0.247 e. The molecule has 2 aromatic rings. The molecule has 0 aliphatic heterocycles. The van der Waals surface area contributed by atoms with Gasteiger partial charge in [-0.3, -0.25) is 0 Å². The van der Waals surface area contributed by atoms with Gasteiger partial charge in [-0.15, -0.1) is 10.2 Å². The molecule has 108 valence electrons. The summed E-state index contributed by atoms with van der Waals surface area (Å²) < 4.78 is 15.8. The van der Waals surface area contributed by atoms with Gasteiger partial charge in [-0.2, -0.15) is 0 Å². The number of hydrogen-bond acceptors (Lipinski definition) is 6. The standard InChI is InChI=1S/C14H19N3O3/c1-18-8-4-7-15-10-13-16-17-14(20-13)11-5-3-6-12(9-11)19-2/h3,5-6,9,15H,4,7-8,10H2,1-2H3. The Labute approximate surface area is 118 Å². The van der Waals surface area contributed by atoms with Gasteiger partial charge < -0.3 is 19.2 Å². The Bertz CT molecular complexity index is 528. The van der Waals surface area contributed by atoms with E-state index in [0.29, 0.717) is 18.3 Å². The lowest BCUT2D eigenvalue weighted by molar-refractivity contribution is 0.194. The van der Waals surface area contributed by atoms with E-state index in [2.05, 4.69) is 15.5 Å². The number of nitrogens with zero attached hydrogens (tertiary/aromatic N) is 2. The molecule has 0 aliphatic rings. The molecule has 6 heteroatoms. The first-order valence-corrected chi connectivity index (χ1v) is 6.50. The largest absolute Gasteiger partial charge is 0.497 e. The molecule has 2 rings (SSSR count). The Balaban J connectivity index is 1.91. The van der Waals surface area contributed by atoms with Crippen LogP contribution < -0.4 is 10.1 Å². The fourth-order valence-electron chi connectivity index (χ4n) is 1.73. The number of ether oxygens (including phenoxy) is 2. The van der Waals surface area contributed by atoms with Crippen molar-refractivity contribution < 1.29 is 13.9 Å². The van der Waals surface area contributed by atoms with Crippen LogP contribution in [0.3, 0.4) is 0 Å². The normalized spacial score (nSPS) is 10.7. The molecule has 0 unspecified atom stereocenters. The number of methoxy groups -OCH3 is 2. The second kappa shape index (κ2) is 7.62.